The van der Waals surface area contributed by atoms with Gasteiger partial charge in [0.25, 0.3) is 5.91 Å². The Morgan fingerprint density at radius 2 is 2.08 bits per heavy atom. The number of thioether (sulfide) groups is 1. The molecular weight excluding hydrogens is 490 g/mol. The van der Waals surface area contributed by atoms with Crippen molar-refractivity contribution < 1.29 is 19.5 Å². The van der Waals surface area contributed by atoms with E-state index < -0.39 is 38.4 Å². The van der Waals surface area contributed by atoms with Gasteiger partial charge < -0.3 is 10.4 Å². The first kappa shape index (κ1) is 20.5. The Labute approximate surface area is 170 Å². The molecule has 0 radical (unpaired) electrons. The van der Waals surface area contributed by atoms with Crippen molar-refractivity contribution in [1.82, 2.24) is 10.2 Å². The standard InChI is InChI=1S/C12H11BrCl4N2O4S/c13-2-4-3-24-10-6(9(21)19(10)7(4)11(22)23)18-8(20)5(14)1-12(15,16)17/h5-6,10H,1-3H2,(H,18,20)(H,22,23)/t5?,6?,10-/m0/s1. The number of fused-ring (bicyclic) bond motifs is 1. The van der Waals surface area contributed by atoms with E-state index in [1.165, 1.54) is 16.7 Å². The summed E-state index contributed by atoms with van der Waals surface area (Å²) in [5.41, 5.74) is 0.558. The molecule has 3 atom stereocenters. The van der Waals surface area contributed by atoms with Crippen molar-refractivity contribution in [3.8, 4) is 0 Å². The van der Waals surface area contributed by atoms with Gasteiger partial charge in [0.05, 0.1) is 0 Å². The van der Waals surface area contributed by atoms with E-state index in [1.807, 2.05) is 0 Å². The molecule has 0 saturated carbocycles. The molecule has 134 valence electrons. The van der Waals surface area contributed by atoms with Gasteiger partial charge >= 0.3 is 5.97 Å². The van der Waals surface area contributed by atoms with Gasteiger partial charge in [-0.15, -0.1) is 23.4 Å². The maximum atomic E-state index is 12.3. The number of carbonyl (C=O) groups excluding carboxylic acids is 2. The van der Waals surface area contributed by atoms with Crippen molar-refractivity contribution in [2.75, 3.05) is 11.1 Å². The van der Waals surface area contributed by atoms with Crippen LogP contribution >= 0.6 is 74.1 Å². The average molecular weight is 501 g/mol. The molecule has 0 aromatic carbocycles. The van der Waals surface area contributed by atoms with Crippen LogP contribution in [0, 0.1) is 0 Å². The molecule has 24 heavy (non-hydrogen) atoms. The van der Waals surface area contributed by atoms with Gasteiger partial charge in [0.15, 0.2) is 3.79 Å². The number of carboxylic acids is 1. The van der Waals surface area contributed by atoms with Crippen LogP contribution in [0.2, 0.25) is 0 Å². The van der Waals surface area contributed by atoms with Crippen LogP contribution in [-0.2, 0) is 14.4 Å². The van der Waals surface area contributed by atoms with Crippen molar-refractivity contribution in [3.05, 3.63) is 11.3 Å². The lowest BCUT2D eigenvalue weighted by atomic mass is 10.0. The number of halogens is 5. The fraction of sp³-hybridized carbons (Fsp3) is 0.583. The number of hydrogen-bond donors (Lipinski definition) is 2. The van der Waals surface area contributed by atoms with Crippen LogP contribution in [0.1, 0.15) is 6.42 Å². The molecular formula is C12H11BrCl4N2O4S. The SMILES string of the molecule is O=C(O)C1=C(CBr)CS[C@H]2C(NC(=O)C(Cl)CC(Cl)(Cl)Cl)C(=O)N12. The summed E-state index contributed by atoms with van der Waals surface area (Å²) in [4.78, 5) is 36.9. The minimum Gasteiger partial charge on any atom is -0.477 e. The number of rotatable bonds is 5. The number of hydrogen-bond acceptors (Lipinski definition) is 4. The second-order valence-electron chi connectivity index (χ2n) is 5.07. The number of carbonyl (C=O) groups is 3. The molecule has 2 unspecified atom stereocenters. The van der Waals surface area contributed by atoms with Gasteiger partial charge in [-0.3, -0.25) is 14.5 Å². The quantitative estimate of drug-likeness (QED) is 0.447. The van der Waals surface area contributed by atoms with Gasteiger partial charge in [0.2, 0.25) is 5.91 Å². The highest BCUT2D eigenvalue weighted by molar-refractivity contribution is 9.09. The Hall–Kier alpha value is 0.140. The number of amides is 2. The molecule has 2 aliphatic rings. The monoisotopic (exact) mass is 498 g/mol. The van der Waals surface area contributed by atoms with E-state index in [2.05, 4.69) is 21.2 Å². The molecule has 2 aliphatic heterocycles. The minimum atomic E-state index is -1.69. The summed E-state index contributed by atoms with van der Waals surface area (Å²) < 4.78 is -1.69. The van der Waals surface area contributed by atoms with E-state index in [0.29, 0.717) is 16.7 Å². The highest BCUT2D eigenvalue weighted by atomic mass is 79.9. The summed E-state index contributed by atoms with van der Waals surface area (Å²) >= 11 is 27.2. The number of aliphatic carboxylic acids is 1. The van der Waals surface area contributed by atoms with Crippen molar-refractivity contribution in [3.63, 3.8) is 0 Å². The minimum absolute atomic E-state index is 0.0464. The third-order valence-corrected chi connectivity index (χ3v) is 6.24. The molecule has 2 amide bonds. The lowest BCUT2D eigenvalue weighted by molar-refractivity contribution is -0.150. The maximum absolute atomic E-state index is 12.3. The lowest BCUT2D eigenvalue weighted by Gasteiger charge is -2.49. The Kier molecular flexibility index (Phi) is 6.64. The summed E-state index contributed by atoms with van der Waals surface area (Å²) in [6.07, 6.45) is -0.221. The molecule has 0 aromatic rings. The Bertz CT molecular complexity index is 612. The van der Waals surface area contributed by atoms with Gasteiger partial charge in [0, 0.05) is 17.5 Å². The van der Waals surface area contributed by atoms with E-state index in [-0.39, 0.29) is 12.1 Å². The fourth-order valence-electron chi connectivity index (χ4n) is 2.33. The van der Waals surface area contributed by atoms with Crippen LogP contribution < -0.4 is 5.32 Å². The van der Waals surface area contributed by atoms with Crippen LogP contribution in [0.25, 0.3) is 0 Å². The zero-order valence-corrected chi connectivity index (χ0v) is 17.2. The van der Waals surface area contributed by atoms with Crippen molar-refractivity contribution >= 4 is 91.9 Å². The van der Waals surface area contributed by atoms with Crippen LogP contribution in [0.3, 0.4) is 0 Å². The first-order valence-corrected chi connectivity index (χ1v) is 10.3. The molecule has 1 saturated heterocycles. The highest BCUT2D eigenvalue weighted by Gasteiger charge is 2.54. The van der Waals surface area contributed by atoms with Crippen LogP contribution in [-0.4, -0.2) is 59.5 Å². The molecule has 0 bridgehead atoms. The first-order valence-electron chi connectivity index (χ1n) is 6.54. The second-order valence-corrected chi connectivity index (χ2v) is 9.78. The predicted molar refractivity (Wildman–Crippen MR) is 98.0 cm³/mol. The van der Waals surface area contributed by atoms with Crippen LogP contribution in [0.5, 0.6) is 0 Å². The van der Waals surface area contributed by atoms with Crippen LogP contribution in [0.15, 0.2) is 11.3 Å². The Balaban J connectivity index is 2.07. The van der Waals surface area contributed by atoms with Crippen LogP contribution in [0.4, 0.5) is 0 Å². The normalized spacial score (nSPS) is 25.0. The maximum Gasteiger partial charge on any atom is 0.352 e. The van der Waals surface area contributed by atoms with E-state index in [9.17, 15) is 19.5 Å². The molecule has 0 spiro atoms. The third-order valence-electron chi connectivity index (χ3n) is 3.40. The smallest absolute Gasteiger partial charge is 0.352 e. The number of β-lactam (4-membered cyclic amide) rings is 1. The Morgan fingerprint density at radius 3 is 2.58 bits per heavy atom. The zero-order valence-electron chi connectivity index (χ0n) is 11.8. The van der Waals surface area contributed by atoms with E-state index >= 15 is 0 Å². The third kappa shape index (κ3) is 4.27. The molecule has 0 aromatic heterocycles. The number of nitrogens with one attached hydrogen (secondary N) is 1. The molecule has 2 heterocycles. The molecule has 6 nitrogen and oxygen atoms in total. The summed E-state index contributed by atoms with van der Waals surface area (Å²) in [6.45, 7) is 0. The van der Waals surface area contributed by atoms with E-state index in [1.54, 1.807) is 0 Å². The summed E-state index contributed by atoms with van der Waals surface area (Å²) in [5.74, 6) is -1.89. The molecule has 1 fully saturated rings. The molecule has 12 heteroatoms. The summed E-state index contributed by atoms with van der Waals surface area (Å²) in [6, 6.07) is -0.856. The fourth-order valence-corrected chi connectivity index (χ4v) is 5.39. The van der Waals surface area contributed by atoms with Crippen molar-refractivity contribution in [2.24, 2.45) is 0 Å². The average Bonchev–Trinajstić information content (AvgIpc) is 2.48. The van der Waals surface area contributed by atoms with Gasteiger partial charge in [-0.1, -0.05) is 50.7 Å². The highest BCUT2D eigenvalue weighted by Crippen LogP contribution is 2.41. The van der Waals surface area contributed by atoms with Gasteiger partial charge in [0.1, 0.15) is 22.5 Å². The van der Waals surface area contributed by atoms with Crippen molar-refractivity contribution in [1.29, 1.82) is 0 Å². The lowest BCUT2D eigenvalue weighted by Crippen LogP contribution is -2.71. The topological polar surface area (TPSA) is 86.7 Å². The van der Waals surface area contributed by atoms with Gasteiger partial charge in [-0.05, 0) is 5.57 Å². The van der Waals surface area contributed by atoms with Crippen molar-refractivity contribution in [2.45, 2.75) is 27.0 Å². The summed E-state index contributed by atoms with van der Waals surface area (Å²) in [5, 5.41) is 10.6. The van der Waals surface area contributed by atoms with E-state index in [0.717, 1.165) is 0 Å². The van der Waals surface area contributed by atoms with Gasteiger partial charge in [-0.2, -0.15) is 0 Å². The first-order chi connectivity index (χ1) is 11.1. The Morgan fingerprint density at radius 1 is 1.46 bits per heavy atom. The zero-order chi connectivity index (χ0) is 18.2. The number of alkyl halides is 5. The largest absolute Gasteiger partial charge is 0.477 e. The molecule has 2 N–H and O–H groups in total. The number of carboxylic acid groups (broad SMARTS) is 1. The molecule has 2 rings (SSSR count). The second kappa shape index (κ2) is 7.80. The van der Waals surface area contributed by atoms with Gasteiger partial charge in [-0.25, -0.2) is 4.79 Å². The number of nitrogens with zero attached hydrogens (tertiary/aromatic N) is 1. The predicted octanol–water partition coefficient (Wildman–Crippen LogP) is 2.49. The molecule has 0 aliphatic carbocycles. The summed E-state index contributed by atoms with van der Waals surface area (Å²) in [7, 11) is 0. The van der Waals surface area contributed by atoms with E-state index in [4.69, 9.17) is 46.4 Å².